The van der Waals surface area contributed by atoms with Gasteiger partial charge in [-0.25, -0.2) is 0 Å². The second-order valence-corrected chi connectivity index (χ2v) is 5.01. The van der Waals surface area contributed by atoms with Crippen LogP contribution in [0.4, 0.5) is 0 Å². The quantitative estimate of drug-likeness (QED) is 0.746. The van der Waals surface area contributed by atoms with E-state index < -0.39 is 0 Å². The predicted molar refractivity (Wildman–Crippen MR) is 72.0 cm³/mol. The molecule has 1 rings (SSSR count). The Morgan fingerprint density at radius 3 is 2.50 bits per heavy atom. The number of nitrogens with one attached hydrogen (secondary N) is 1. The van der Waals surface area contributed by atoms with Crippen LogP contribution >= 0.6 is 11.6 Å². The number of benzene rings is 1. The van der Waals surface area contributed by atoms with Gasteiger partial charge in [-0.3, -0.25) is 0 Å². The molecule has 1 N–H and O–H groups in total. The van der Waals surface area contributed by atoms with Crippen LogP contribution < -0.4 is 5.32 Å². The maximum atomic E-state index is 5.81. The zero-order chi connectivity index (χ0) is 12.0. The maximum Gasteiger partial charge on any atom is 0.0238 e. The second-order valence-electron chi connectivity index (χ2n) is 4.64. The highest BCUT2D eigenvalue weighted by Gasteiger charge is 2.11. The predicted octanol–water partition coefficient (Wildman–Crippen LogP) is 3.74. The molecule has 0 fully saturated rings. The van der Waals surface area contributed by atoms with Crippen molar-refractivity contribution in [3.8, 4) is 0 Å². The fourth-order valence-corrected chi connectivity index (χ4v) is 2.07. The van der Waals surface area contributed by atoms with Crippen LogP contribution in [0.2, 0.25) is 0 Å². The molecule has 0 aliphatic rings. The van der Waals surface area contributed by atoms with Crippen molar-refractivity contribution in [3.63, 3.8) is 0 Å². The van der Waals surface area contributed by atoms with Crippen molar-refractivity contribution in [3.05, 3.63) is 35.4 Å². The lowest BCUT2D eigenvalue weighted by molar-refractivity contribution is 0.388. The molecule has 1 nitrogen and oxygen atoms in total. The van der Waals surface area contributed by atoms with Gasteiger partial charge in [0.05, 0.1) is 0 Å². The molecular formula is C14H22ClN. The summed E-state index contributed by atoms with van der Waals surface area (Å²) in [6.45, 7) is 7.57. The van der Waals surface area contributed by atoms with Gasteiger partial charge < -0.3 is 5.32 Å². The van der Waals surface area contributed by atoms with E-state index in [1.165, 1.54) is 11.1 Å². The first-order valence-electron chi connectivity index (χ1n) is 5.99. The molecule has 2 heteroatoms. The molecule has 0 aliphatic carbocycles. The van der Waals surface area contributed by atoms with E-state index in [1.807, 2.05) is 0 Å². The van der Waals surface area contributed by atoms with E-state index in [2.05, 4.69) is 50.4 Å². The summed E-state index contributed by atoms with van der Waals surface area (Å²) in [7, 11) is 0. The Morgan fingerprint density at radius 1 is 1.25 bits per heavy atom. The Morgan fingerprint density at radius 2 is 1.94 bits per heavy atom. The van der Waals surface area contributed by atoms with Crippen molar-refractivity contribution in [2.24, 2.45) is 5.92 Å². The summed E-state index contributed by atoms with van der Waals surface area (Å²) in [5, 5.41) is 3.59. The van der Waals surface area contributed by atoms with E-state index in [0.717, 1.165) is 18.8 Å². The third kappa shape index (κ3) is 4.15. The molecule has 0 spiro atoms. The van der Waals surface area contributed by atoms with E-state index in [9.17, 15) is 0 Å². The van der Waals surface area contributed by atoms with Crippen LogP contribution in [0.5, 0.6) is 0 Å². The third-order valence-corrected chi connectivity index (χ3v) is 3.26. The average molecular weight is 240 g/mol. The first kappa shape index (κ1) is 13.5. The summed E-state index contributed by atoms with van der Waals surface area (Å²) in [6.07, 6.45) is 1.03. The van der Waals surface area contributed by atoms with Gasteiger partial charge in [0.25, 0.3) is 0 Å². The topological polar surface area (TPSA) is 12.0 Å². The number of aryl methyl sites for hydroxylation is 1. The average Bonchev–Trinajstić information content (AvgIpc) is 2.26. The highest BCUT2D eigenvalue weighted by atomic mass is 35.5. The van der Waals surface area contributed by atoms with E-state index in [0.29, 0.717) is 12.0 Å². The summed E-state index contributed by atoms with van der Waals surface area (Å²) in [6, 6.07) is 9.02. The number of rotatable bonds is 6. The first-order valence-corrected chi connectivity index (χ1v) is 6.52. The van der Waals surface area contributed by atoms with Crippen LogP contribution in [0, 0.1) is 12.8 Å². The molecule has 0 heterocycles. The normalized spacial score (nSPS) is 13.1. The van der Waals surface area contributed by atoms with Gasteiger partial charge in [0, 0.05) is 18.5 Å². The van der Waals surface area contributed by atoms with Crippen molar-refractivity contribution in [1.82, 2.24) is 5.32 Å². The summed E-state index contributed by atoms with van der Waals surface area (Å²) >= 11 is 5.81. The number of alkyl halides is 1. The zero-order valence-electron chi connectivity index (χ0n) is 10.5. The standard InChI is InChI=1S/C14H22ClN/c1-11(2)14(8-9-15)16-10-13-7-5-4-6-12(13)3/h4-7,11,14,16H,8-10H2,1-3H3. The van der Waals surface area contributed by atoms with E-state index in [1.54, 1.807) is 0 Å². The highest BCUT2D eigenvalue weighted by molar-refractivity contribution is 6.17. The van der Waals surface area contributed by atoms with Crippen molar-refractivity contribution >= 4 is 11.6 Å². The van der Waals surface area contributed by atoms with Gasteiger partial charge >= 0.3 is 0 Å². The molecule has 0 saturated carbocycles. The molecule has 16 heavy (non-hydrogen) atoms. The molecule has 0 bridgehead atoms. The van der Waals surface area contributed by atoms with E-state index in [4.69, 9.17) is 11.6 Å². The summed E-state index contributed by atoms with van der Waals surface area (Å²) in [5.74, 6) is 1.35. The van der Waals surface area contributed by atoms with Crippen LogP contribution in [-0.4, -0.2) is 11.9 Å². The molecular weight excluding hydrogens is 218 g/mol. The lowest BCUT2D eigenvalue weighted by atomic mass is 10.0. The smallest absolute Gasteiger partial charge is 0.0238 e. The fourth-order valence-electron chi connectivity index (χ4n) is 1.84. The molecule has 1 aromatic rings. The van der Waals surface area contributed by atoms with Crippen molar-refractivity contribution < 1.29 is 0 Å². The van der Waals surface area contributed by atoms with Gasteiger partial charge in [0.2, 0.25) is 0 Å². The minimum Gasteiger partial charge on any atom is -0.310 e. The SMILES string of the molecule is Cc1ccccc1CNC(CCCl)C(C)C. The van der Waals surface area contributed by atoms with Gasteiger partial charge in [-0.05, 0) is 30.4 Å². The molecule has 0 aliphatic heterocycles. The van der Waals surface area contributed by atoms with Crippen LogP contribution in [-0.2, 0) is 6.54 Å². The molecule has 0 aromatic heterocycles. The van der Waals surface area contributed by atoms with Crippen LogP contribution in [0.15, 0.2) is 24.3 Å². The summed E-state index contributed by atoms with van der Waals surface area (Å²) < 4.78 is 0. The van der Waals surface area contributed by atoms with Gasteiger partial charge in [0.1, 0.15) is 0 Å². The first-order chi connectivity index (χ1) is 7.65. The highest BCUT2D eigenvalue weighted by Crippen LogP contribution is 2.11. The Balaban J connectivity index is 2.52. The van der Waals surface area contributed by atoms with Crippen LogP contribution in [0.3, 0.4) is 0 Å². The van der Waals surface area contributed by atoms with Gasteiger partial charge in [-0.2, -0.15) is 0 Å². The third-order valence-electron chi connectivity index (χ3n) is 3.04. The Labute approximate surface area is 104 Å². The number of hydrogen-bond donors (Lipinski definition) is 1. The van der Waals surface area contributed by atoms with Crippen LogP contribution in [0.1, 0.15) is 31.4 Å². The fraction of sp³-hybridized carbons (Fsp3) is 0.571. The molecule has 0 radical (unpaired) electrons. The number of hydrogen-bond acceptors (Lipinski definition) is 1. The largest absolute Gasteiger partial charge is 0.310 e. The molecule has 90 valence electrons. The lowest BCUT2D eigenvalue weighted by Crippen LogP contribution is -2.33. The monoisotopic (exact) mass is 239 g/mol. The molecule has 1 unspecified atom stereocenters. The van der Waals surface area contributed by atoms with Gasteiger partial charge in [-0.15, -0.1) is 11.6 Å². The lowest BCUT2D eigenvalue weighted by Gasteiger charge is -2.22. The molecule has 1 aromatic carbocycles. The van der Waals surface area contributed by atoms with Gasteiger partial charge in [0.15, 0.2) is 0 Å². The second kappa shape index (κ2) is 6.93. The van der Waals surface area contributed by atoms with Gasteiger partial charge in [-0.1, -0.05) is 38.1 Å². The summed E-state index contributed by atoms with van der Waals surface area (Å²) in [4.78, 5) is 0. The van der Waals surface area contributed by atoms with Crippen molar-refractivity contribution in [2.45, 2.75) is 39.8 Å². The van der Waals surface area contributed by atoms with Crippen LogP contribution in [0.25, 0.3) is 0 Å². The summed E-state index contributed by atoms with van der Waals surface area (Å²) in [5.41, 5.74) is 2.73. The molecule has 1 atom stereocenters. The van der Waals surface area contributed by atoms with E-state index in [-0.39, 0.29) is 0 Å². The molecule has 0 amide bonds. The minimum atomic E-state index is 0.511. The Bertz CT molecular complexity index is 309. The number of halogens is 1. The van der Waals surface area contributed by atoms with E-state index >= 15 is 0 Å². The Hall–Kier alpha value is -0.530. The van der Waals surface area contributed by atoms with Crippen molar-refractivity contribution in [2.75, 3.05) is 5.88 Å². The zero-order valence-corrected chi connectivity index (χ0v) is 11.2. The minimum absolute atomic E-state index is 0.511. The Kier molecular flexibility index (Phi) is 5.86. The molecule has 0 saturated heterocycles. The van der Waals surface area contributed by atoms with Crippen molar-refractivity contribution in [1.29, 1.82) is 0 Å². The maximum absolute atomic E-state index is 5.81.